The number of aromatic nitrogens is 2. The Labute approximate surface area is 184 Å². The predicted molar refractivity (Wildman–Crippen MR) is 120 cm³/mol. The van der Waals surface area contributed by atoms with Gasteiger partial charge in [0.1, 0.15) is 23.5 Å². The molecule has 0 fully saturated rings. The molecule has 4 aromatic rings. The molecular formula is C26H20N4O2. The van der Waals surface area contributed by atoms with E-state index in [1.165, 1.54) is 0 Å². The first-order chi connectivity index (χ1) is 15.4. The van der Waals surface area contributed by atoms with Crippen LogP contribution in [0.3, 0.4) is 0 Å². The van der Waals surface area contributed by atoms with Crippen LogP contribution in [0.5, 0.6) is 0 Å². The van der Waals surface area contributed by atoms with Crippen LogP contribution in [0.25, 0.3) is 33.7 Å². The molecule has 0 radical (unpaired) electrons. The monoisotopic (exact) mass is 420 g/mol. The summed E-state index contributed by atoms with van der Waals surface area (Å²) in [6.07, 6.45) is 0. The minimum Gasteiger partial charge on any atom is -0.432 e. The van der Waals surface area contributed by atoms with Gasteiger partial charge in [-0.3, -0.25) is 0 Å². The number of hydrogen-bond acceptors (Lipinski definition) is 6. The lowest BCUT2D eigenvalue weighted by Gasteiger charge is -1.98. The van der Waals surface area contributed by atoms with E-state index in [0.29, 0.717) is 33.4 Å². The molecule has 2 aromatic heterocycles. The van der Waals surface area contributed by atoms with Gasteiger partial charge in [-0.25, -0.2) is 9.97 Å². The third kappa shape index (κ3) is 3.82. The molecule has 0 bridgehead atoms. The highest BCUT2D eigenvalue weighted by molar-refractivity contribution is 5.64. The summed E-state index contributed by atoms with van der Waals surface area (Å²) in [6.45, 7) is 7.31. The second-order valence-electron chi connectivity index (χ2n) is 7.60. The summed E-state index contributed by atoms with van der Waals surface area (Å²) in [4.78, 5) is 9.19. The van der Waals surface area contributed by atoms with Crippen LogP contribution < -0.4 is 11.1 Å². The lowest BCUT2D eigenvalue weighted by molar-refractivity contribution is 0.440. The number of benzene rings is 2. The highest BCUT2D eigenvalue weighted by atomic mass is 16.4. The Kier molecular flexibility index (Phi) is 5.45. The average Bonchev–Trinajstić information content (AvgIpc) is 3.44. The van der Waals surface area contributed by atoms with Crippen molar-refractivity contribution in [3.8, 4) is 34.7 Å². The molecule has 32 heavy (non-hydrogen) atoms. The predicted octanol–water partition coefficient (Wildman–Crippen LogP) is 4.29. The van der Waals surface area contributed by atoms with E-state index in [-0.39, 0.29) is 11.1 Å². The van der Waals surface area contributed by atoms with Gasteiger partial charge in [0, 0.05) is 11.1 Å². The molecule has 0 unspecified atom stereocenters. The lowest BCUT2D eigenvalue weighted by Crippen LogP contribution is -2.03. The van der Waals surface area contributed by atoms with Crippen molar-refractivity contribution in [2.24, 2.45) is 0 Å². The number of oxazole rings is 2. The molecule has 0 aliphatic rings. The third-order valence-electron chi connectivity index (χ3n) is 5.09. The molecule has 0 aliphatic carbocycles. The summed E-state index contributed by atoms with van der Waals surface area (Å²) in [6, 6.07) is 19.9. The first kappa shape index (κ1) is 20.8. The van der Waals surface area contributed by atoms with Gasteiger partial charge < -0.3 is 8.83 Å². The van der Waals surface area contributed by atoms with E-state index in [1.54, 1.807) is 13.8 Å². The minimum atomic E-state index is 0.215. The molecule has 156 valence electrons. The van der Waals surface area contributed by atoms with Gasteiger partial charge in [-0.15, -0.1) is 0 Å². The number of hydrogen-bond donors (Lipinski definition) is 0. The fraction of sp³-hybridized carbons (Fsp3) is 0.154. The van der Waals surface area contributed by atoms with Gasteiger partial charge in [0.15, 0.2) is 0 Å². The van der Waals surface area contributed by atoms with Gasteiger partial charge in [-0.2, -0.15) is 10.5 Å². The topological polar surface area (TPSA) is 99.6 Å². The standard InChI is InChI=1S/C26H20N4O2/c1-15-5-9-19(10-6-15)21-23(31-25(29-21)17(3)13-27)24-22(20-11-7-16(2)8-12-20)30-26(32-24)18(4)14-28/h5-12H,1-4H3/b24-23+,25-17-,26-18-. The number of nitriles is 2. The largest absolute Gasteiger partial charge is 0.432 e. The normalized spacial score (nSPS) is 13.8. The van der Waals surface area contributed by atoms with Crippen molar-refractivity contribution in [1.29, 1.82) is 10.5 Å². The van der Waals surface area contributed by atoms with Crippen molar-refractivity contribution >= 4 is 11.1 Å². The zero-order valence-electron chi connectivity index (χ0n) is 18.2. The zero-order chi connectivity index (χ0) is 22.8. The second-order valence-corrected chi connectivity index (χ2v) is 7.60. The first-order valence-corrected chi connectivity index (χ1v) is 10.1. The number of rotatable bonds is 2. The van der Waals surface area contributed by atoms with Gasteiger partial charge in [0.2, 0.25) is 21.9 Å². The molecule has 4 rings (SSSR count). The van der Waals surface area contributed by atoms with E-state index in [9.17, 15) is 10.5 Å². The highest BCUT2D eigenvalue weighted by Crippen LogP contribution is 2.23. The van der Waals surface area contributed by atoms with E-state index in [2.05, 4.69) is 22.1 Å². The minimum absolute atomic E-state index is 0.215. The van der Waals surface area contributed by atoms with Crippen LogP contribution >= 0.6 is 0 Å². The van der Waals surface area contributed by atoms with E-state index in [0.717, 1.165) is 22.3 Å². The van der Waals surface area contributed by atoms with Crippen molar-refractivity contribution in [2.75, 3.05) is 0 Å². The second kappa shape index (κ2) is 8.37. The number of nitrogens with zero attached hydrogens (tertiary/aromatic N) is 4. The van der Waals surface area contributed by atoms with Crippen LogP contribution in [0.2, 0.25) is 0 Å². The van der Waals surface area contributed by atoms with Gasteiger partial charge in [0.05, 0.1) is 11.1 Å². The molecule has 0 spiro atoms. The Morgan fingerprint density at radius 1 is 0.656 bits per heavy atom. The van der Waals surface area contributed by atoms with E-state index >= 15 is 0 Å². The Hall–Kier alpha value is -4.42. The third-order valence-corrected chi connectivity index (χ3v) is 5.09. The molecule has 6 heteroatoms. The van der Waals surface area contributed by atoms with Crippen molar-refractivity contribution in [2.45, 2.75) is 27.7 Å². The smallest absolute Gasteiger partial charge is 0.233 e. The fourth-order valence-corrected chi connectivity index (χ4v) is 3.18. The Morgan fingerprint density at radius 3 is 1.31 bits per heavy atom. The molecule has 0 amide bonds. The quantitative estimate of drug-likeness (QED) is 0.480. The van der Waals surface area contributed by atoms with Crippen molar-refractivity contribution in [3.63, 3.8) is 0 Å². The molecule has 0 saturated heterocycles. The van der Waals surface area contributed by atoms with E-state index in [1.807, 2.05) is 62.4 Å². The lowest BCUT2D eigenvalue weighted by atomic mass is 10.1. The summed E-state index contributed by atoms with van der Waals surface area (Å²) in [5, 5.41) is 18.7. The summed E-state index contributed by atoms with van der Waals surface area (Å²) in [7, 11) is 0. The zero-order valence-corrected chi connectivity index (χ0v) is 18.2. The summed E-state index contributed by atoms with van der Waals surface area (Å²) >= 11 is 0. The molecule has 2 aromatic carbocycles. The summed E-state index contributed by atoms with van der Waals surface area (Å²) < 4.78 is 12.1. The van der Waals surface area contributed by atoms with Crippen LogP contribution in [-0.4, -0.2) is 9.97 Å². The highest BCUT2D eigenvalue weighted by Gasteiger charge is 2.16. The van der Waals surface area contributed by atoms with Crippen LogP contribution in [0.15, 0.2) is 57.4 Å². The maximum Gasteiger partial charge on any atom is 0.233 e. The molecule has 0 atom stereocenters. The Balaban J connectivity index is 2.23. The van der Waals surface area contributed by atoms with E-state index < -0.39 is 0 Å². The molecule has 6 nitrogen and oxygen atoms in total. The maximum atomic E-state index is 9.37. The van der Waals surface area contributed by atoms with Gasteiger partial charge in [0.25, 0.3) is 0 Å². The van der Waals surface area contributed by atoms with Gasteiger partial charge >= 0.3 is 0 Å². The van der Waals surface area contributed by atoms with Gasteiger partial charge in [-0.05, 0) is 27.7 Å². The van der Waals surface area contributed by atoms with Crippen molar-refractivity contribution in [3.05, 3.63) is 81.6 Å². The fourth-order valence-electron chi connectivity index (χ4n) is 3.18. The Bertz CT molecular complexity index is 1480. The molecule has 0 saturated carbocycles. The summed E-state index contributed by atoms with van der Waals surface area (Å²) in [5.41, 5.74) is 6.79. The summed E-state index contributed by atoms with van der Waals surface area (Å²) in [5.74, 6) is 0. The van der Waals surface area contributed by atoms with Gasteiger partial charge in [-0.1, -0.05) is 59.7 Å². The Morgan fingerprint density at radius 2 is 1.00 bits per heavy atom. The molecule has 0 N–H and O–H groups in total. The SMILES string of the molecule is C/C(C#N)=c1\nc(-c2ccc(C)cc2)/c(=c2\o/c(=C(/C)C#N)nc2-c2ccc(C)cc2)o1. The van der Waals surface area contributed by atoms with Crippen molar-refractivity contribution < 1.29 is 8.83 Å². The van der Waals surface area contributed by atoms with Crippen LogP contribution in [0.4, 0.5) is 0 Å². The van der Waals surface area contributed by atoms with Crippen LogP contribution in [-0.2, 0) is 0 Å². The van der Waals surface area contributed by atoms with Crippen LogP contribution in [0.1, 0.15) is 25.0 Å². The average molecular weight is 420 g/mol. The van der Waals surface area contributed by atoms with Crippen LogP contribution in [0, 0.1) is 47.3 Å². The molecule has 2 heterocycles. The molecule has 0 aliphatic heterocycles. The van der Waals surface area contributed by atoms with Crippen molar-refractivity contribution in [1.82, 2.24) is 9.97 Å². The number of aryl methyl sites for hydroxylation is 2. The molecular weight excluding hydrogens is 400 g/mol. The van der Waals surface area contributed by atoms with E-state index in [4.69, 9.17) is 8.83 Å². The first-order valence-electron chi connectivity index (χ1n) is 10.1. The maximum absolute atomic E-state index is 9.37.